The van der Waals surface area contributed by atoms with Crippen LogP contribution in [0.5, 0.6) is 0 Å². The van der Waals surface area contributed by atoms with Crippen molar-refractivity contribution in [1.82, 2.24) is 5.32 Å². The molecule has 3 fully saturated rings. The van der Waals surface area contributed by atoms with E-state index in [4.69, 9.17) is 11.5 Å². The van der Waals surface area contributed by atoms with Gasteiger partial charge in [0.25, 0.3) is 5.91 Å². The van der Waals surface area contributed by atoms with Crippen LogP contribution in [0.3, 0.4) is 0 Å². The maximum Gasteiger partial charge on any atom is 0.475 e. The van der Waals surface area contributed by atoms with E-state index in [1.54, 1.807) is 6.07 Å². The van der Waals surface area contributed by atoms with Gasteiger partial charge in [0, 0.05) is 12.1 Å². The SMILES string of the molecule is NC(N)=NCCC[C@H](NC(=O)c1cccc(C23CCC(O)(CC2)CC3)c1)B(O)O. The standard InChI is InChI=1S/C20H31BN4O4/c22-18(23)24-12-2-5-16(21(28)29)25-17(26)14-3-1-4-15(13-14)19-6-9-20(27,10-7-19)11-8-19/h1,3-4,13,16,27-29H,2,5-12H2,(H,25,26)(H4,22,23,24)/t16-,19?,20?/m0/s1. The molecule has 8 nitrogen and oxygen atoms in total. The first-order chi connectivity index (χ1) is 13.7. The number of rotatable bonds is 8. The summed E-state index contributed by atoms with van der Waals surface area (Å²) >= 11 is 0. The second kappa shape index (κ2) is 8.73. The van der Waals surface area contributed by atoms with Gasteiger partial charge in [-0.2, -0.15) is 0 Å². The third-order valence-corrected chi connectivity index (χ3v) is 6.59. The molecular weight excluding hydrogens is 371 g/mol. The third kappa shape index (κ3) is 5.09. The van der Waals surface area contributed by atoms with E-state index in [-0.39, 0.29) is 17.3 Å². The molecule has 0 saturated heterocycles. The molecule has 0 heterocycles. The molecule has 1 aromatic carbocycles. The van der Waals surface area contributed by atoms with E-state index in [1.807, 2.05) is 12.1 Å². The minimum absolute atomic E-state index is 0.0183. The second-order valence-corrected chi connectivity index (χ2v) is 8.53. The van der Waals surface area contributed by atoms with E-state index < -0.39 is 18.7 Å². The molecule has 1 atom stereocenters. The molecule has 4 rings (SSSR count). The second-order valence-electron chi connectivity index (χ2n) is 8.53. The number of fused-ring (bicyclic) bond motifs is 3. The maximum atomic E-state index is 12.7. The van der Waals surface area contributed by atoms with Gasteiger partial charge in [-0.05, 0) is 74.5 Å². The van der Waals surface area contributed by atoms with E-state index in [0.29, 0.717) is 24.9 Å². The number of carbonyl (C=O) groups excluding carboxylic acids is 1. The number of benzene rings is 1. The first-order valence-electron chi connectivity index (χ1n) is 10.3. The monoisotopic (exact) mass is 402 g/mol. The number of aliphatic imine (C=N–C) groups is 1. The lowest BCUT2D eigenvalue weighted by Gasteiger charge is -2.51. The van der Waals surface area contributed by atoms with E-state index >= 15 is 0 Å². The maximum absolute atomic E-state index is 12.7. The zero-order valence-corrected chi connectivity index (χ0v) is 16.7. The predicted octanol–water partition coefficient (Wildman–Crippen LogP) is 0.187. The van der Waals surface area contributed by atoms with Crippen molar-refractivity contribution in [2.24, 2.45) is 16.5 Å². The van der Waals surface area contributed by atoms with E-state index in [0.717, 1.165) is 44.1 Å². The van der Waals surface area contributed by atoms with Crippen LogP contribution >= 0.6 is 0 Å². The summed E-state index contributed by atoms with van der Waals surface area (Å²) in [6.07, 6.45) is 6.04. The Kier molecular flexibility index (Phi) is 6.50. The molecule has 0 aromatic heterocycles. The Hall–Kier alpha value is -2.10. The van der Waals surface area contributed by atoms with Crippen LogP contribution in [0.25, 0.3) is 0 Å². The van der Waals surface area contributed by atoms with Crippen molar-refractivity contribution >= 4 is 19.0 Å². The van der Waals surface area contributed by atoms with Gasteiger partial charge < -0.3 is 31.9 Å². The molecule has 29 heavy (non-hydrogen) atoms. The Bertz CT molecular complexity index is 742. The zero-order chi connectivity index (χ0) is 21.1. The molecule has 0 unspecified atom stereocenters. The average molecular weight is 402 g/mol. The molecule has 0 radical (unpaired) electrons. The highest BCUT2D eigenvalue weighted by Gasteiger charge is 2.48. The molecule has 0 aliphatic heterocycles. The molecule has 3 aliphatic rings. The Morgan fingerprint density at radius 3 is 2.41 bits per heavy atom. The smallest absolute Gasteiger partial charge is 0.426 e. The lowest BCUT2D eigenvalue weighted by Crippen LogP contribution is -2.48. The molecule has 1 amide bonds. The molecule has 3 saturated carbocycles. The topological polar surface area (TPSA) is 154 Å². The van der Waals surface area contributed by atoms with Crippen LogP contribution in [0.4, 0.5) is 0 Å². The number of nitrogens with two attached hydrogens (primary N) is 2. The first kappa shape index (κ1) is 21.6. The minimum atomic E-state index is -1.67. The molecule has 158 valence electrons. The number of nitrogens with one attached hydrogen (secondary N) is 1. The van der Waals surface area contributed by atoms with Crippen molar-refractivity contribution in [2.75, 3.05) is 6.54 Å². The summed E-state index contributed by atoms with van der Waals surface area (Å²) in [5, 5.41) is 32.4. The summed E-state index contributed by atoms with van der Waals surface area (Å²) < 4.78 is 0. The minimum Gasteiger partial charge on any atom is -0.426 e. The van der Waals surface area contributed by atoms with Crippen LogP contribution in [0.15, 0.2) is 29.3 Å². The molecule has 9 heteroatoms. The van der Waals surface area contributed by atoms with Gasteiger partial charge in [-0.25, -0.2) is 0 Å². The van der Waals surface area contributed by atoms with Gasteiger partial charge in [-0.15, -0.1) is 0 Å². The summed E-state index contributed by atoms with van der Waals surface area (Å²) in [4.78, 5) is 16.6. The third-order valence-electron chi connectivity index (χ3n) is 6.59. The fourth-order valence-electron chi connectivity index (χ4n) is 4.66. The Morgan fingerprint density at radius 2 is 1.83 bits per heavy atom. The summed E-state index contributed by atoms with van der Waals surface area (Å²) in [5.41, 5.74) is 11.7. The number of nitrogens with zero attached hydrogens (tertiary/aromatic N) is 1. The number of guanidine groups is 1. The van der Waals surface area contributed by atoms with Gasteiger partial charge in [0.15, 0.2) is 5.96 Å². The van der Waals surface area contributed by atoms with Gasteiger partial charge in [-0.1, -0.05) is 12.1 Å². The summed E-state index contributed by atoms with van der Waals surface area (Å²) in [5.74, 6) is -1.17. The number of aliphatic hydroxyl groups is 1. The van der Waals surface area contributed by atoms with Crippen LogP contribution in [0, 0.1) is 0 Å². The van der Waals surface area contributed by atoms with Crippen molar-refractivity contribution < 1.29 is 19.9 Å². The lowest BCUT2D eigenvalue weighted by molar-refractivity contribution is -0.0660. The molecular formula is C20H31BN4O4. The highest BCUT2D eigenvalue weighted by Crippen LogP contribution is 2.53. The number of amides is 1. The fourth-order valence-corrected chi connectivity index (χ4v) is 4.66. The number of hydrogen-bond acceptors (Lipinski definition) is 5. The molecule has 0 spiro atoms. The lowest BCUT2D eigenvalue weighted by atomic mass is 9.56. The van der Waals surface area contributed by atoms with Gasteiger partial charge in [0.1, 0.15) is 0 Å². The van der Waals surface area contributed by atoms with Crippen molar-refractivity contribution in [3.05, 3.63) is 35.4 Å². The van der Waals surface area contributed by atoms with E-state index in [9.17, 15) is 19.9 Å². The summed E-state index contributed by atoms with van der Waals surface area (Å²) in [6, 6.07) is 7.57. The van der Waals surface area contributed by atoms with Gasteiger partial charge in [0.05, 0.1) is 11.5 Å². The van der Waals surface area contributed by atoms with Crippen molar-refractivity contribution in [3.63, 3.8) is 0 Å². The van der Waals surface area contributed by atoms with Crippen LogP contribution in [-0.2, 0) is 5.41 Å². The molecule has 3 aliphatic carbocycles. The molecule has 8 N–H and O–H groups in total. The normalized spacial score (nSPS) is 26.6. The average Bonchev–Trinajstić information content (AvgIpc) is 2.70. The van der Waals surface area contributed by atoms with Crippen LogP contribution in [-0.4, -0.2) is 52.2 Å². The highest BCUT2D eigenvalue weighted by molar-refractivity contribution is 6.43. The van der Waals surface area contributed by atoms with Gasteiger partial charge >= 0.3 is 7.12 Å². The van der Waals surface area contributed by atoms with Crippen molar-refractivity contribution in [3.8, 4) is 0 Å². The zero-order valence-electron chi connectivity index (χ0n) is 16.7. The van der Waals surface area contributed by atoms with E-state index in [1.165, 1.54) is 0 Å². The summed E-state index contributed by atoms with van der Waals surface area (Å²) in [6.45, 7) is 0.353. The number of hydrogen-bond donors (Lipinski definition) is 6. The molecule has 2 bridgehead atoms. The van der Waals surface area contributed by atoms with Crippen molar-refractivity contribution in [2.45, 2.75) is 68.3 Å². The summed E-state index contributed by atoms with van der Waals surface area (Å²) in [7, 11) is -1.67. The van der Waals surface area contributed by atoms with Crippen LogP contribution in [0.1, 0.15) is 67.3 Å². The number of carbonyl (C=O) groups is 1. The highest BCUT2D eigenvalue weighted by atomic mass is 16.4. The fraction of sp³-hybridized carbons (Fsp3) is 0.600. The Balaban J connectivity index is 1.66. The first-order valence-corrected chi connectivity index (χ1v) is 10.3. The molecule has 1 aromatic rings. The van der Waals surface area contributed by atoms with Crippen molar-refractivity contribution in [1.29, 1.82) is 0 Å². The largest absolute Gasteiger partial charge is 0.475 e. The van der Waals surface area contributed by atoms with Crippen LogP contribution in [0.2, 0.25) is 0 Å². The quantitative estimate of drug-likeness (QED) is 0.158. The predicted molar refractivity (Wildman–Crippen MR) is 112 cm³/mol. The van der Waals surface area contributed by atoms with Gasteiger partial charge in [0.2, 0.25) is 0 Å². The van der Waals surface area contributed by atoms with E-state index in [2.05, 4.69) is 16.4 Å². The van der Waals surface area contributed by atoms with Crippen LogP contribution < -0.4 is 16.8 Å². The Labute approximate surface area is 171 Å². The van der Waals surface area contributed by atoms with Gasteiger partial charge in [-0.3, -0.25) is 9.79 Å². The Morgan fingerprint density at radius 1 is 1.17 bits per heavy atom.